The predicted molar refractivity (Wildman–Crippen MR) is 121 cm³/mol. The minimum atomic E-state index is 0.193. The summed E-state index contributed by atoms with van der Waals surface area (Å²) in [5, 5.41) is 16.1. The number of piperidine rings is 1. The lowest BCUT2D eigenvalue weighted by Crippen LogP contribution is -2.38. The van der Waals surface area contributed by atoms with E-state index in [1.807, 2.05) is 6.07 Å². The van der Waals surface area contributed by atoms with Crippen LogP contribution < -0.4 is 15.5 Å². The number of aliphatic imine (C=N–C) groups is 1. The average Bonchev–Trinajstić information content (AvgIpc) is 2.78. The zero-order chi connectivity index (χ0) is 20.5. The molecule has 2 aromatic carbocycles. The Morgan fingerprint density at radius 1 is 1.10 bits per heavy atom. The second-order valence-electron chi connectivity index (χ2n) is 7.75. The molecule has 5 heteroatoms. The fourth-order valence-electron chi connectivity index (χ4n) is 3.71. The molecular weight excluding hydrogens is 360 g/mol. The second-order valence-corrected chi connectivity index (χ2v) is 7.75. The van der Waals surface area contributed by atoms with Crippen LogP contribution in [0.3, 0.4) is 0 Å². The van der Waals surface area contributed by atoms with Crippen molar-refractivity contribution in [1.82, 2.24) is 10.6 Å². The summed E-state index contributed by atoms with van der Waals surface area (Å²) >= 11 is 0. The van der Waals surface area contributed by atoms with E-state index in [1.54, 1.807) is 0 Å². The standard InChI is InChI=1S/C24H34N4O/c1-3-25-24(27-19(2)22-7-5-4-6-8-22)26-17-20-9-11-23(12-10-20)28-15-13-21(18-29)14-16-28/h4-12,19,21,29H,3,13-18H2,1-2H3,(H2,25,26,27). The lowest BCUT2D eigenvalue weighted by atomic mass is 9.97. The fourth-order valence-corrected chi connectivity index (χ4v) is 3.71. The van der Waals surface area contributed by atoms with E-state index in [9.17, 15) is 5.11 Å². The van der Waals surface area contributed by atoms with Gasteiger partial charge in [-0.05, 0) is 55.9 Å². The van der Waals surface area contributed by atoms with Crippen molar-refractivity contribution in [3.63, 3.8) is 0 Å². The summed E-state index contributed by atoms with van der Waals surface area (Å²) in [5.41, 5.74) is 3.70. The molecule has 1 aliphatic heterocycles. The maximum Gasteiger partial charge on any atom is 0.192 e. The van der Waals surface area contributed by atoms with Gasteiger partial charge in [0.25, 0.3) is 0 Å². The van der Waals surface area contributed by atoms with Crippen LogP contribution in [-0.2, 0) is 6.54 Å². The monoisotopic (exact) mass is 394 g/mol. The van der Waals surface area contributed by atoms with Crippen LogP contribution in [-0.4, -0.2) is 37.3 Å². The van der Waals surface area contributed by atoms with Crippen LogP contribution in [0.5, 0.6) is 0 Å². The fraction of sp³-hybridized carbons (Fsp3) is 0.458. The van der Waals surface area contributed by atoms with Crippen LogP contribution in [0.15, 0.2) is 59.6 Å². The number of aliphatic hydroxyl groups excluding tert-OH is 1. The number of aliphatic hydroxyl groups is 1. The summed E-state index contributed by atoms with van der Waals surface area (Å²) in [7, 11) is 0. The van der Waals surface area contributed by atoms with Crippen LogP contribution in [0.4, 0.5) is 5.69 Å². The first-order chi connectivity index (χ1) is 14.2. The van der Waals surface area contributed by atoms with Gasteiger partial charge in [0.05, 0.1) is 12.6 Å². The molecule has 3 N–H and O–H groups in total. The molecule has 29 heavy (non-hydrogen) atoms. The number of nitrogens with zero attached hydrogens (tertiary/aromatic N) is 2. The third-order valence-corrected chi connectivity index (χ3v) is 5.59. The number of nitrogens with one attached hydrogen (secondary N) is 2. The number of hydrogen-bond acceptors (Lipinski definition) is 3. The molecule has 1 atom stereocenters. The van der Waals surface area contributed by atoms with Gasteiger partial charge in [0.2, 0.25) is 0 Å². The molecule has 0 bridgehead atoms. The SMILES string of the molecule is CCNC(=NCc1ccc(N2CCC(CO)CC2)cc1)NC(C)c1ccccc1. The van der Waals surface area contributed by atoms with E-state index in [0.717, 1.165) is 38.4 Å². The number of anilines is 1. The van der Waals surface area contributed by atoms with Gasteiger partial charge in [-0.1, -0.05) is 42.5 Å². The minimum Gasteiger partial charge on any atom is -0.396 e. The van der Waals surface area contributed by atoms with Crippen molar-refractivity contribution >= 4 is 11.6 Å². The molecule has 1 heterocycles. The minimum absolute atomic E-state index is 0.193. The van der Waals surface area contributed by atoms with E-state index in [-0.39, 0.29) is 6.04 Å². The Morgan fingerprint density at radius 3 is 2.41 bits per heavy atom. The van der Waals surface area contributed by atoms with E-state index in [2.05, 4.69) is 77.9 Å². The van der Waals surface area contributed by atoms with Gasteiger partial charge in [-0.15, -0.1) is 0 Å². The first-order valence-corrected chi connectivity index (χ1v) is 10.7. The topological polar surface area (TPSA) is 59.9 Å². The highest BCUT2D eigenvalue weighted by Crippen LogP contribution is 2.23. The first-order valence-electron chi connectivity index (χ1n) is 10.7. The van der Waals surface area contributed by atoms with Crippen LogP contribution >= 0.6 is 0 Å². The molecule has 3 rings (SSSR count). The molecule has 0 aromatic heterocycles. The van der Waals surface area contributed by atoms with Crippen LogP contribution in [0.1, 0.15) is 43.9 Å². The van der Waals surface area contributed by atoms with E-state index in [1.165, 1.54) is 16.8 Å². The Kier molecular flexibility index (Phi) is 7.94. The number of rotatable bonds is 7. The lowest BCUT2D eigenvalue weighted by molar-refractivity contribution is 0.203. The molecule has 1 fully saturated rings. The van der Waals surface area contributed by atoms with E-state index in [0.29, 0.717) is 19.1 Å². The highest BCUT2D eigenvalue weighted by molar-refractivity contribution is 5.80. The average molecular weight is 395 g/mol. The molecule has 5 nitrogen and oxygen atoms in total. The van der Waals surface area contributed by atoms with Crippen LogP contribution in [0.25, 0.3) is 0 Å². The van der Waals surface area contributed by atoms with Gasteiger partial charge < -0.3 is 20.6 Å². The number of benzene rings is 2. The molecule has 0 amide bonds. The lowest BCUT2D eigenvalue weighted by Gasteiger charge is -2.32. The smallest absolute Gasteiger partial charge is 0.192 e. The molecule has 156 valence electrons. The quantitative estimate of drug-likeness (QED) is 0.495. The van der Waals surface area contributed by atoms with Crippen molar-refractivity contribution in [2.45, 2.75) is 39.3 Å². The van der Waals surface area contributed by atoms with Gasteiger partial charge >= 0.3 is 0 Å². The Morgan fingerprint density at radius 2 is 1.79 bits per heavy atom. The molecule has 0 radical (unpaired) electrons. The maximum absolute atomic E-state index is 9.30. The van der Waals surface area contributed by atoms with Crippen molar-refractivity contribution in [1.29, 1.82) is 0 Å². The summed E-state index contributed by atoms with van der Waals surface area (Å²) in [4.78, 5) is 7.17. The van der Waals surface area contributed by atoms with Gasteiger partial charge in [0.15, 0.2) is 5.96 Å². The molecular formula is C24H34N4O. The largest absolute Gasteiger partial charge is 0.396 e. The van der Waals surface area contributed by atoms with E-state index in [4.69, 9.17) is 4.99 Å². The number of hydrogen-bond donors (Lipinski definition) is 3. The normalized spacial score (nSPS) is 16.5. The summed E-state index contributed by atoms with van der Waals surface area (Å²) in [6.07, 6.45) is 2.14. The summed E-state index contributed by atoms with van der Waals surface area (Å²) < 4.78 is 0. The van der Waals surface area contributed by atoms with Crippen molar-refractivity contribution in [2.75, 3.05) is 31.1 Å². The van der Waals surface area contributed by atoms with Gasteiger partial charge in [-0.2, -0.15) is 0 Å². The predicted octanol–water partition coefficient (Wildman–Crippen LogP) is 3.71. The molecule has 1 saturated heterocycles. The van der Waals surface area contributed by atoms with Gasteiger partial charge in [0.1, 0.15) is 0 Å². The molecule has 0 aliphatic carbocycles. The van der Waals surface area contributed by atoms with Crippen LogP contribution in [0.2, 0.25) is 0 Å². The van der Waals surface area contributed by atoms with Crippen molar-refractivity contribution in [2.24, 2.45) is 10.9 Å². The Labute approximate surface area is 174 Å². The third kappa shape index (κ3) is 6.23. The number of guanidine groups is 1. The highest BCUT2D eigenvalue weighted by atomic mass is 16.3. The molecule has 0 saturated carbocycles. The van der Waals surface area contributed by atoms with Gasteiger partial charge in [-0.3, -0.25) is 0 Å². The van der Waals surface area contributed by atoms with Crippen LogP contribution in [0, 0.1) is 5.92 Å². The Hall–Kier alpha value is -2.53. The summed E-state index contributed by atoms with van der Waals surface area (Å²) in [5.74, 6) is 1.30. The zero-order valence-corrected chi connectivity index (χ0v) is 17.6. The van der Waals surface area contributed by atoms with E-state index < -0.39 is 0 Å². The van der Waals surface area contributed by atoms with Crippen molar-refractivity contribution in [3.8, 4) is 0 Å². The molecule has 1 unspecified atom stereocenters. The molecule has 1 aliphatic rings. The highest BCUT2D eigenvalue weighted by Gasteiger charge is 2.18. The summed E-state index contributed by atoms with van der Waals surface area (Å²) in [6.45, 7) is 8.06. The maximum atomic E-state index is 9.30. The van der Waals surface area contributed by atoms with Gasteiger partial charge in [0, 0.05) is 31.9 Å². The third-order valence-electron chi connectivity index (χ3n) is 5.59. The molecule has 0 spiro atoms. The van der Waals surface area contributed by atoms with Crippen molar-refractivity contribution < 1.29 is 5.11 Å². The van der Waals surface area contributed by atoms with Crippen molar-refractivity contribution in [3.05, 3.63) is 65.7 Å². The zero-order valence-electron chi connectivity index (χ0n) is 17.6. The van der Waals surface area contributed by atoms with E-state index >= 15 is 0 Å². The Balaban J connectivity index is 1.58. The summed E-state index contributed by atoms with van der Waals surface area (Å²) in [6, 6.07) is 19.3. The van der Waals surface area contributed by atoms with Gasteiger partial charge in [-0.25, -0.2) is 4.99 Å². The Bertz CT molecular complexity index is 752. The second kappa shape index (κ2) is 10.9. The first kappa shape index (κ1) is 21.2. The molecule has 2 aromatic rings.